The molecular weight excluding hydrogens is 167 g/mol. The smallest absolute Gasteiger partial charge is 1.00 e. The van der Waals surface area contributed by atoms with Gasteiger partial charge in [0.25, 0.3) is 0 Å². The first-order valence-electron chi connectivity index (χ1n) is 0.667. The molecule has 0 fully saturated rings. The van der Waals surface area contributed by atoms with Crippen molar-refractivity contribution in [2.24, 2.45) is 0 Å². The van der Waals surface area contributed by atoms with Gasteiger partial charge in [-0.2, -0.15) is 0 Å². The largest absolute Gasteiger partial charge is 3.00 e. The molecule has 0 rings (SSSR count). The molecule has 0 amide bonds. The van der Waals surface area contributed by atoms with E-state index in [1.165, 1.54) is 0 Å². The molecular formula is CrFO4S. The Bertz CT molecular complexity index is 94.9. The van der Waals surface area contributed by atoms with Crippen LogP contribution in [0.5, 0.6) is 0 Å². The van der Waals surface area contributed by atoms with E-state index in [0.717, 1.165) is 0 Å². The summed E-state index contributed by atoms with van der Waals surface area (Å²) in [5.41, 5.74) is 0. The van der Waals surface area contributed by atoms with Crippen LogP contribution in [-0.2, 0) is 27.8 Å². The third-order valence-corrected chi connectivity index (χ3v) is 0. The van der Waals surface area contributed by atoms with Gasteiger partial charge in [0.1, 0.15) is 0 Å². The Morgan fingerprint density at radius 2 is 1.14 bits per heavy atom. The maximum Gasteiger partial charge on any atom is 3.00 e. The van der Waals surface area contributed by atoms with Crippen molar-refractivity contribution in [1.82, 2.24) is 0 Å². The Morgan fingerprint density at radius 1 is 1.14 bits per heavy atom. The molecule has 0 N–H and O–H groups in total. The van der Waals surface area contributed by atoms with Gasteiger partial charge in [0.2, 0.25) is 0 Å². The maximum atomic E-state index is 8.52. The van der Waals surface area contributed by atoms with Gasteiger partial charge in [-0.1, -0.05) is 0 Å². The molecule has 0 spiro atoms. The molecule has 0 heterocycles. The van der Waals surface area contributed by atoms with Crippen molar-refractivity contribution in [2.75, 3.05) is 0 Å². The predicted molar refractivity (Wildman–Crippen MR) is 10.5 cm³/mol. The van der Waals surface area contributed by atoms with Gasteiger partial charge in [0.05, 0.1) is 0 Å². The van der Waals surface area contributed by atoms with Gasteiger partial charge in [0.15, 0.2) is 0 Å². The monoisotopic (exact) mass is 167 g/mol. The van der Waals surface area contributed by atoms with E-state index < -0.39 is 10.4 Å². The van der Waals surface area contributed by atoms with E-state index in [1.807, 2.05) is 0 Å². The van der Waals surface area contributed by atoms with Gasteiger partial charge in [0, 0.05) is 10.4 Å². The van der Waals surface area contributed by atoms with Crippen molar-refractivity contribution >= 4 is 10.4 Å². The standard InChI is InChI=1S/Cr.FH.H2O4S/c;;1-5(2,3)4/h;1H;(H2,1,2,3,4)/q+3;;/p-3. The Kier molecular flexibility index (Phi) is 10.0. The van der Waals surface area contributed by atoms with Gasteiger partial charge in [-0.25, -0.2) is 0 Å². The zero-order valence-corrected chi connectivity index (χ0v) is 4.92. The van der Waals surface area contributed by atoms with Gasteiger partial charge < -0.3 is 13.8 Å². The Morgan fingerprint density at radius 3 is 1.14 bits per heavy atom. The van der Waals surface area contributed by atoms with Crippen LogP contribution in [0.4, 0.5) is 0 Å². The average molecular weight is 167 g/mol. The summed E-state index contributed by atoms with van der Waals surface area (Å²) in [7, 11) is -5.17. The van der Waals surface area contributed by atoms with Crippen molar-refractivity contribution in [1.29, 1.82) is 0 Å². The third-order valence-electron chi connectivity index (χ3n) is 0. The Labute approximate surface area is 50.6 Å². The molecule has 0 atom stereocenters. The summed E-state index contributed by atoms with van der Waals surface area (Å²) in [6.07, 6.45) is 0. The predicted octanol–water partition coefficient (Wildman–Crippen LogP) is -4.34. The van der Waals surface area contributed by atoms with Gasteiger partial charge in [-0.3, -0.25) is 8.42 Å². The molecule has 0 aromatic carbocycles. The molecule has 4 nitrogen and oxygen atoms in total. The van der Waals surface area contributed by atoms with E-state index in [2.05, 4.69) is 0 Å². The molecule has 0 aromatic heterocycles. The Hall–Kier alpha value is 0.332. The molecule has 0 aliphatic carbocycles. The number of rotatable bonds is 0. The van der Waals surface area contributed by atoms with E-state index in [0.29, 0.717) is 0 Å². The van der Waals surface area contributed by atoms with Crippen LogP contribution in [-0.4, -0.2) is 17.5 Å². The summed E-state index contributed by atoms with van der Waals surface area (Å²) in [4.78, 5) is 0. The van der Waals surface area contributed by atoms with E-state index in [-0.39, 0.29) is 22.1 Å². The van der Waals surface area contributed by atoms with Crippen LogP contribution in [0.15, 0.2) is 0 Å². The average Bonchev–Trinajstić information content (AvgIpc) is 0.722. The molecule has 0 aliphatic rings. The summed E-state index contributed by atoms with van der Waals surface area (Å²) in [6, 6.07) is 0. The molecule has 0 aromatic rings. The van der Waals surface area contributed by atoms with E-state index >= 15 is 0 Å². The summed E-state index contributed by atoms with van der Waals surface area (Å²) in [6.45, 7) is 0. The quantitative estimate of drug-likeness (QED) is 0.270. The fourth-order valence-electron chi connectivity index (χ4n) is 0. The normalized spacial score (nSPS) is 8.29. The Balaban J connectivity index is -0.0000000800. The first-order chi connectivity index (χ1) is 2.00. The zero-order chi connectivity index (χ0) is 4.50. The topological polar surface area (TPSA) is 80.3 Å². The maximum absolute atomic E-state index is 8.52. The first kappa shape index (κ1) is 15.7. The fraction of sp³-hybridized carbons (Fsp3) is 0. The van der Waals surface area contributed by atoms with Crippen LogP contribution in [0.1, 0.15) is 0 Å². The summed E-state index contributed by atoms with van der Waals surface area (Å²) in [5, 5.41) is 0. The minimum absolute atomic E-state index is 0. The second kappa shape index (κ2) is 4.49. The van der Waals surface area contributed by atoms with Crippen LogP contribution in [0, 0.1) is 0 Å². The van der Waals surface area contributed by atoms with Crippen molar-refractivity contribution < 1.29 is 39.6 Å². The van der Waals surface area contributed by atoms with E-state index in [9.17, 15) is 0 Å². The number of hydrogen-bond acceptors (Lipinski definition) is 4. The van der Waals surface area contributed by atoms with E-state index in [4.69, 9.17) is 17.5 Å². The van der Waals surface area contributed by atoms with Crippen LogP contribution in [0.25, 0.3) is 0 Å². The van der Waals surface area contributed by atoms with Crippen LogP contribution < -0.4 is 4.70 Å². The SMILES string of the molecule is O=S(=O)([O-])[O-].[Cr+3].[F-]. The fourth-order valence-corrected chi connectivity index (χ4v) is 0. The molecule has 7 heteroatoms. The molecule has 0 bridgehead atoms. The number of hydrogen-bond donors (Lipinski definition) is 0. The van der Waals surface area contributed by atoms with Gasteiger partial charge in [-0.05, 0) is 0 Å². The third kappa shape index (κ3) is 1080. The molecule has 7 heavy (non-hydrogen) atoms. The zero-order valence-electron chi connectivity index (χ0n) is 2.83. The van der Waals surface area contributed by atoms with Crippen LogP contribution in [0.2, 0.25) is 0 Å². The summed E-state index contributed by atoms with van der Waals surface area (Å²) < 4.78 is 34.1. The molecule has 0 aliphatic heterocycles. The first-order valence-corrected chi connectivity index (χ1v) is 2.00. The molecule has 0 saturated heterocycles. The van der Waals surface area contributed by atoms with E-state index in [1.54, 1.807) is 0 Å². The molecule has 0 unspecified atom stereocenters. The second-order valence-corrected chi connectivity index (χ2v) is 1.22. The van der Waals surface area contributed by atoms with Gasteiger partial charge >= 0.3 is 17.4 Å². The van der Waals surface area contributed by atoms with Crippen LogP contribution in [0.3, 0.4) is 0 Å². The summed E-state index contributed by atoms with van der Waals surface area (Å²) >= 11 is 0. The minimum atomic E-state index is -5.17. The van der Waals surface area contributed by atoms with Crippen LogP contribution >= 0.6 is 0 Å². The minimum Gasteiger partial charge on any atom is -1.00 e. The van der Waals surface area contributed by atoms with Gasteiger partial charge in [-0.15, -0.1) is 0 Å². The van der Waals surface area contributed by atoms with Crippen molar-refractivity contribution in [2.45, 2.75) is 0 Å². The molecule has 0 saturated carbocycles. The van der Waals surface area contributed by atoms with Crippen molar-refractivity contribution in [3.8, 4) is 0 Å². The van der Waals surface area contributed by atoms with Crippen molar-refractivity contribution in [3.05, 3.63) is 0 Å². The number of halogens is 1. The summed E-state index contributed by atoms with van der Waals surface area (Å²) in [5.74, 6) is 0. The molecule has 43 valence electrons. The molecule has 1 radical (unpaired) electrons. The second-order valence-electron chi connectivity index (χ2n) is 0.408. The van der Waals surface area contributed by atoms with Crippen molar-refractivity contribution in [3.63, 3.8) is 0 Å².